The summed E-state index contributed by atoms with van der Waals surface area (Å²) in [4.78, 5) is 13.9. The summed E-state index contributed by atoms with van der Waals surface area (Å²) in [7, 11) is 0. The molecular weight excluding hydrogens is 237 g/mol. The zero-order valence-corrected chi connectivity index (χ0v) is 7.46. The Labute approximate surface area is 85.8 Å². The Morgan fingerprint density at radius 2 is 2.00 bits per heavy atom. The van der Waals surface area contributed by atoms with E-state index in [0.29, 0.717) is 0 Å². The van der Waals surface area contributed by atoms with Crippen LogP contribution in [0.3, 0.4) is 0 Å². The van der Waals surface area contributed by atoms with Gasteiger partial charge in [-0.15, -0.1) is 13.2 Å². The summed E-state index contributed by atoms with van der Waals surface area (Å²) in [6.45, 7) is 0. The van der Waals surface area contributed by atoms with Crippen LogP contribution in [0.2, 0.25) is 0 Å². The van der Waals surface area contributed by atoms with Crippen LogP contribution in [0.1, 0.15) is 10.5 Å². The van der Waals surface area contributed by atoms with E-state index in [1.807, 2.05) is 0 Å². The van der Waals surface area contributed by atoms with Crippen LogP contribution in [-0.2, 0) is 0 Å². The van der Waals surface area contributed by atoms with Crippen molar-refractivity contribution in [2.45, 2.75) is 12.8 Å². The summed E-state index contributed by atoms with van der Waals surface area (Å²) in [6.07, 6.45) is -7.59. The van der Waals surface area contributed by atoms with E-state index in [-0.39, 0.29) is 0 Å². The fourth-order valence-corrected chi connectivity index (χ4v) is 0.886. The van der Waals surface area contributed by atoms with Crippen LogP contribution >= 0.6 is 0 Å². The molecule has 1 rings (SSSR count). The fourth-order valence-electron chi connectivity index (χ4n) is 0.886. The lowest BCUT2D eigenvalue weighted by Gasteiger charge is -2.11. The topological polar surface area (TPSA) is 39.2 Å². The monoisotopic (exact) mass is 241 g/mol. The van der Waals surface area contributed by atoms with E-state index in [0.717, 1.165) is 18.3 Å². The van der Waals surface area contributed by atoms with E-state index >= 15 is 0 Å². The van der Waals surface area contributed by atoms with Crippen molar-refractivity contribution in [1.29, 1.82) is 0 Å². The predicted molar refractivity (Wildman–Crippen MR) is 41.3 cm³/mol. The number of halogens is 5. The van der Waals surface area contributed by atoms with Gasteiger partial charge in [-0.05, 0) is 12.1 Å². The second-order valence-electron chi connectivity index (χ2n) is 2.56. The predicted octanol–water partition coefficient (Wildman–Crippen LogP) is 2.43. The minimum absolute atomic E-state index is 0.732. The van der Waals surface area contributed by atoms with Crippen LogP contribution in [0, 0.1) is 0 Å². The lowest BCUT2D eigenvalue weighted by molar-refractivity contribution is -0.274. The normalized spacial score (nSPS) is 11.6. The van der Waals surface area contributed by atoms with Gasteiger partial charge in [0.1, 0.15) is 0 Å². The number of nitrogens with zero attached hydrogens (tertiary/aromatic N) is 1. The largest absolute Gasteiger partial charge is 0.573 e. The van der Waals surface area contributed by atoms with Gasteiger partial charge in [0, 0.05) is 6.20 Å². The summed E-state index contributed by atoms with van der Waals surface area (Å²) >= 11 is 0. The summed E-state index contributed by atoms with van der Waals surface area (Å²) in [5, 5.41) is 0. The standard InChI is InChI=1S/C8H4F5NO2/c9-7(10)6(15)5-4(2-1-3-14-5)16-8(11,12)13/h1-3,7H. The SMILES string of the molecule is O=C(c1ncccc1OC(F)(F)F)C(F)F. The van der Waals surface area contributed by atoms with E-state index in [1.165, 1.54) is 0 Å². The molecule has 3 nitrogen and oxygen atoms in total. The van der Waals surface area contributed by atoms with Crippen molar-refractivity contribution in [3.05, 3.63) is 24.0 Å². The van der Waals surface area contributed by atoms with Crippen molar-refractivity contribution in [2.75, 3.05) is 0 Å². The number of ether oxygens (including phenoxy) is 1. The molecule has 88 valence electrons. The molecule has 0 spiro atoms. The molecule has 16 heavy (non-hydrogen) atoms. The molecule has 0 aliphatic carbocycles. The van der Waals surface area contributed by atoms with Crippen LogP contribution in [0.4, 0.5) is 22.0 Å². The summed E-state index contributed by atoms with van der Waals surface area (Å²) in [6, 6.07) is 1.76. The van der Waals surface area contributed by atoms with Crippen molar-refractivity contribution in [2.24, 2.45) is 0 Å². The molecular formula is C8H4F5NO2. The highest BCUT2D eigenvalue weighted by atomic mass is 19.4. The number of Topliss-reactive ketones (excluding diaryl/α,β-unsaturated/α-hetero) is 1. The van der Waals surface area contributed by atoms with E-state index in [2.05, 4.69) is 9.72 Å². The minimum Gasteiger partial charge on any atom is -0.403 e. The van der Waals surface area contributed by atoms with Gasteiger partial charge < -0.3 is 4.74 Å². The van der Waals surface area contributed by atoms with Gasteiger partial charge in [0.05, 0.1) is 0 Å². The van der Waals surface area contributed by atoms with Gasteiger partial charge >= 0.3 is 12.8 Å². The lowest BCUT2D eigenvalue weighted by atomic mass is 10.2. The Morgan fingerprint density at radius 3 is 2.50 bits per heavy atom. The molecule has 0 aromatic carbocycles. The highest BCUT2D eigenvalue weighted by Crippen LogP contribution is 2.26. The average Bonchev–Trinajstić information content (AvgIpc) is 2.15. The number of aromatic nitrogens is 1. The third-order valence-corrected chi connectivity index (χ3v) is 1.43. The van der Waals surface area contributed by atoms with E-state index in [4.69, 9.17) is 0 Å². The van der Waals surface area contributed by atoms with Crippen LogP contribution in [0.15, 0.2) is 18.3 Å². The van der Waals surface area contributed by atoms with Crippen molar-refractivity contribution >= 4 is 5.78 Å². The van der Waals surface area contributed by atoms with Crippen LogP contribution < -0.4 is 4.74 Å². The maximum Gasteiger partial charge on any atom is 0.573 e. The van der Waals surface area contributed by atoms with Gasteiger partial charge in [-0.25, -0.2) is 13.8 Å². The first-order chi connectivity index (χ1) is 7.31. The average molecular weight is 241 g/mol. The molecule has 0 saturated carbocycles. The highest BCUT2D eigenvalue weighted by Gasteiger charge is 2.34. The molecule has 8 heteroatoms. The lowest BCUT2D eigenvalue weighted by Crippen LogP contribution is -2.21. The van der Waals surface area contributed by atoms with Crippen LogP contribution in [-0.4, -0.2) is 23.6 Å². The summed E-state index contributed by atoms with van der Waals surface area (Å²) in [5.41, 5.74) is -1.05. The maximum atomic E-state index is 12.0. The summed E-state index contributed by atoms with van der Waals surface area (Å²) < 4.78 is 62.9. The number of alkyl halides is 5. The van der Waals surface area contributed by atoms with Gasteiger partial charge in [0.2, 0.25) is 0 Å². The first-order valence-electron chi connectivity index (χ1n) is 3.84. The number of carbonyl (C=O) groups is 1. The first kappa shape index (κ1) is 12.3. The van der Waals surface area contributed by atoms with Crippen LogP contribution in [0.25, 0.3) is 0 Å². The van der Waals surface area contributed by atoms with Crippen molar-refractivity contribution in [3.8, 4) is 5.75 Å². The molecule has 1 aromatic heterocycles. The van der Waals surface area contributed by atoms with Gasteiger partial charge in [0.15, 0.2) is 11.4 Å². The molecule has 0 N–H and O–H groups in total. The fraction of sp³-hybridized carbons (Fsp3) is 0.250. The molecule has 0 unspecified atom stereocenters. The number of rotatable bonds is 3. The highest BCUT2D eigenvalue weighted by molar-refractivity contribution is 5.98. The first-order valence-corrected chi connectivity index (χ1v) is 3.84. The van der Waals surface area contributed by atoms with Gasteiger partial charge in [-0.3, -0.25) is 4.79 Å². The van der Waals surface area contributed by atoms with Crippen molar-refractivity contribution in [3.63, 3.8) is 0 Å². The summed E-state index contributed by atoms with van der Waals surface area (Å²) in [5.74, 6) is -2.86. The van der Waals surface area contributed by atoms with Gasteiger partial charge in [-0.1, -0.05) is 0 Å². The Bertz CT molecular complexity index is 390. The van der Waals surface area contributed by atoms with Gasteiger partial charge in [-0.2, -0.15) is 0 Å². The zero-order chi connectivity index (χ0) is 12.3. The molecule has 0 fully saturated rings. The van der Waals surface area contributed by atoms with Crippen molar-refractivity contribution < 1.29 is 31.5 Å². The van der Waals surface area contributed by atoms with E-state index in [9.17, 15) is 26.7 Å². The number of carbonyl (C=O) groups excluding carboxylic acids is 1. The third-order valence-electron chi connectivity index (χ3n) is 1.43. The Hall–Kier alpha value is -1.73. The molecule has 0 saturated heterocycles. The molecule has 1 aromatic rings. The van der Waals surface area contributed by atoms with E-state index < -0.39 is 30.0 Å². The molecule has 0 atom stereocenters. The molecule has 0 amide bonds. The third kappa shape index (κ3) is 3.14. The van der Waals surface area contributed by atoms with Crippen LogP contribution in [0.5, 0.6) is 5.75 Å². The zero-order valence-electron chi connectivity index (χ0n) is 7.46. The minimum atomic E-state index is -5.07. The Balaban J connectivity index is 3.06. The molecule has 0 radical (unpaired) electrons. The second kappa shape index (κ2) is 4.42. The Morgan fingerprint density at radius 1 is 1.38 bits per heavy atom. The van der Waals surface area contributed by atoms with E-state index in [1.54, 1.807) is 0 Å². The molecule has 0 bridgehead atoms. The smallest absolute Gasteiger partial charge is 0.403 e. The molecule has 0 aliphatic heterocycles. The molecule has 1 heterocycles. The number of hydrogen-bond acceptors (Lipinski definition) is 3. The Kier molecular flexibility index (Phi) is 3.41. The van der Waals surface area contributed by atoms with Gasteiger partial charge in [0.25, 0.3) is 5.78 Å². The number of pyridine rings is 1. The number of ketones is 1. The number of hydrogen-bond donors (Lipinski definition) is 0. The second-order valence-corrected chi connectivity index (χ2v) is 2.56. The quantitative estimate of drug-likeness (QED) is 0.602. The van der Waals surface area contributed by atoms with Crippen molar-refractivity contribution in [1.82, 2.24) is 4.98 Å². The maximum absolute atomic E-state index is 12.0. The molecule has 0 aliphatic rings.